The van der Waals surface area contributed by atoms with Crippen molar-refractivity contribution in [3.63, 3.8) is 0 Å². The van der Waals surface area contributed by atoms with Crippen molar-refractivity contribution >= 4 is 29.3 Å². The normalized spacial score (nSPS) is 17.0. The Bertz CT molecular complexity index is 528. The molecule has 0 saturated carbocycles. The van der Waals surface area contributed by atoms with Crippen LogP contribution in [0, 0.1) is 5.41 Å². The van der Waals surface area contributed by atoms with Crippen molar-refractivity contribution in [1.29, 1.82) is 0 Å². The predicted molar refractivity (Wildman–Crippen MR) is 96.6 cm³/mol. The fourth-order valence-electron chi connectivity index (χ4n) is 2.96. The summed E-state index contributed by atoms with van der Waals surface area (Å²) in [5.41, 5.74) is 0.678. The molecule has 1 heterocycles. The highest BCUT2D eigenvalue weighted by Gasteiger charge is 2.32. The maximum Gasteiger partial charge on any atom is 0.252 e. The minimum Gasteiger partial charge on any atom is -0.384 e. The van der Waals surface area contributed by atoms with Gasteiger partial charge in [0, 0.05) is 29.0 Å². The lowest BCUT2D eigenvalue weighted by Gasteiger charge is -2.37. The number of rotatable bonds is 7. The number of methoxy groups -OCH3 is 1. The number of thioether (sulfide) groups is 1. The van der Waals surface area contributed by atoms with Gasteiger partial charge in [0.25, 0.3) is 5.91 Å². The van der Waals surface area contributed by atoms with E-state index in [1.165, 1.54) is 0 Å². The van der Waals surface area contributed by atoms with Crippen LogP contribution in [0.2, 0.25) is 5.02 Å². The number of ether oxygens (including phenoxy) is 1. The maximum absolute atomic E-state index is 12.6. The van der Waals surface area contributed by atoms with Crippen molar-refractivity contribution in [2.45, 2.75) is 24.7 Å². The van der Waals surface area contributed by atoms with Crippen molar-refractivity contribution in [2.75, 3.05) is 39.1 Å². The van der Waals surface area contributed by atoms with Crippen LogP contribution >= 0.6 is 23.4 Å². The molecule has 23 heavy (non-hydrogen) atoms. The number of carbonyl (C=O) groups is 1. The summed E-state index contributed by atoms with van der Waals surface area (Å²) in [5.74, 6) is 0.860. The lowest BCUT2D eigenvalue weighted by molar-refractivity contribution is 0.0511. The molecule has 0 bridgehead atoms. The smallest absolute Gasteiger partial charge is 0.252 e. The van der Waals surface area contributed by atoms with Crippen molar-refractivity contribution in [1.82, 2.24) is 10.6 Å². The zero-order chi connectivity index (χ0) is 16.7. The average molecular weight is 357 g/mol. The summed E-state index contributed by atoms with van der Waals surface area (Å²) < 4.78 is 5.40. The van der Waals surface area contributed by atoms with Gasteiger partial charge in [-0.15, -0.1) is 11.8 Å². The molecule has 1 amide bonds. The third kappa shape index (κ3) is 5.11. The first-order valence-corrected chi connectivity index (χ1v) is 9.37. The summed E-state index contributed by atoms with van der Waals surface area (Å²) in [5, 5.41) is 7.05. The molecule has 0 atom stereocenters. The van der Waals surface area contributed by atoms with E-state index < -0.39 is 0 Å². The number of carbonyl (C=O) groups excluding carboxylic acids is 1. The largest absolute Gasteiger partial charge is 0.384 e. The number of benzene rings is 1. The van der Waals surface area contributed by atoms with E-state index in [-0.39, 0.29) is 11.3 Å². The fraction of sp³-hybridized carbons (Fsp3) is 0.588. The third-order valence-corrected chi connectivity index (χ3v) is 5.42. The standard InChI is InChI=1S/C17H25ClN2O2S/c1-3-23-15-5-4-13(18)10-14(15)16(21)20-11-17(12-22-2)6-8-19-9-7-17/h4-5,10,19H,3,6-9,11-12H2,1-2H3,(H,20,21). The lowest BCUT2D eigenvalue weighted by atomic mass is 9.79. The number of nitrogens with one attached hydrogen (secondary N) is 2. The first kappa shape index (κ1) is 18.6. The Labute approximate surface area is 147 Å². The predicted octanol–water partition coefficient (Wildman–Crippen LogP) is 3.20. The molecule has 1 saturated heterocycles. The Kier molecular flexibility index (Phi) is 7.21. The zero-order valence-corrected chi connectivity index (χ0v) is 15.4. The quantitative estimate of drug-likeness (QED) is 0.737. The molecular weight excluding hydrogens is 332 g/mol. The molecule has 4 nitrogen and oxygen atoms in total. The maximum atomic E-state index is 12.6. The Hall–Kier alpha value is -0.750. The number of hydrogen-bond acceptors (Lipinski definition) is 4. The summed E-state index contributed by atoms with van der Waals surface area (Å²) in [6, 6.07) is 5.50. The second kappa shape index (κ2) is 8.92. The molecule has 128 valence electrons. The minimum absolute atomic E-state index is 0.0201. The van der Waals surface area contributed by atoms with Gasteiger partial charge in [-0.25, -0.2) is 0 Å². The molecular formula is C17H25ClN2O2S. The van der Waals surface area contributed by atoms with E-state index in [0.29, 0.717) is 23.7 Å². The van der Waals surface area contributed by atoms with E-state index >= 15 is 0 Å². The molecule has 1 aromatic carbocycles. The highest BCUT2D eigenvalue weighted by Crippen LogP contribution is 2.29. The van der Waals surface area contributed by atoms with E-state index in [4.69, 9.17) is 16.3 Å². The van der Waals surface area contributed by atoms with Crippen LogP contribution in [-0.2, 0) is 4.74 Å². The Morgan fingerprint density at radius 2 is 2.17 bits per heavy atom. The Morgan fingerprint density at radius 1 is 1.43 bits per heavy atom. The second-order valence-electron chi connectivity index (χ2n) is 5.94. The summed E-state index contributed by atoms with van der Waals surface area (Å²) in [4.78, 5) is 13.6. The topological polar surface area (TPSA) is 50.4 Å². The molecule has 2 N–H and O–H groups in total. The monoisotopic (exact) mass is 356 g/mol. The third-order valence-electron chi connectivity index (χ3n) is 4.22. The summed E-state index contributed by atoms with van der Waals surface area (Å²) in [6.07, 6.45) is 2.01. The van der Waals surface area contributed by atoms with Gasteiger partial charge in [-0.1, -0.05) is 18.5 Å². The van der Waals surface area contributed by atoms with Gasteiger partial charge in [0.1, 0.15) is 0 Å². The van der Waals surface area contributed by atoms with Gasteiger partial charge >= 0.3 is 0 Å². The van der Waals surface area contributed by atoms with Gasteiger partial charge in [-0.2, -0.15) is 0 Å². The van der Waals surface area contributed by atoms with Crippen molar-refractivity contribution < 1.29 is 9.53 Å². The summed E-state index contributed by atoms with van der Waals surface area (Å²) >= 11 is 7.73. The zero-order valence-electron chi connectivity index (χ0n) is 13.8. The Balaban J connectivity index is 2.07. The fourth-order valence-corrected chi connectivity index (χ4v) is 3.91. The van der Waals surface area contributed by atoms with Gasteiger partial charge in [-0.05, 0) is 49.9 Å². The number of piperidine rings is 1. The second-order valence-corrected chi connectivity index (χ2v) is 7.68. The van der Waals surface area contributed by atoms with Gasteiger partial charge in [0.2, 0.25) is 0 Å². The van der Waals surface area contributed by atoms with Crippen LogP contribution in [0.1, 0.15) is 30.1 Å². The van der Waals surface area contributed by atoms with E-state index in [0.717, 1.165) is 36.6 Å². The van der Waals surface area contributed by atoms with Crippen LogP contribution in [0.5, 0.6) is 0 Å². The van der Waals surface area contributed by atoms with Gasteiger partial charge in [0.15, 0.2) is 0 Å². The van der Waals surface area contributed by atoms with E-state index in [2.05, 4.69) is 17.6 Å². The molecule has 1 aliphatic heterocycles. The van der Waals surface area contributed by atoms with E-state index in [1.807, 2.05) is 12.1 Å². The lowest BCUT2D eigenvalue weighted by Crippen LogP contribution is -2.47. The first-order valence-electron chi connectivity index (χ1n) is 8.00. The summed E-state index contributed by atoms with van der Waals surface area (Å²) in [6.45, 7) is 5.30. The minimum atomic E-state index is -0.0579. The van der Waals surface area contributed by atoms with Gasteiger partial charge in [-0.3, -0.25) is 4.79 Å². The van der Waals surface area contributed by atoms with Crippen LogP contribution < -0.4 is 10.6 Å². The molecule has 1 fully saturated rings. The van der Waals surface area contributed by atoms with Crippen LogP contribution in [0.15, 0.2) is 23.1 Å². The van der Waals surface area contributed by atoms with Crippen LogP contribution in [0.3, 0.4) is 0 Å². The molecule has 0 aliphatic carbocycles. The van der Waals surface area contributed by atoms with E-state index in [1.54, 1.807) is 24.9 Å². The summed E-state index contributed by atoms with van der Waals surface area (Å²) in [7, 11) is 1.72. The van der Waals surface area contributed by atoms with Crippen LogP contribution in [-0.4, -0.2) is 45.0 Å². The van der Waals surface area contributed by atoms with Crippen molar-refractivity contribution in [3.8, 4) is 0 Å². The molecule has 0 radical (unpaired) electrons. The number of amides is 1. The van der Waals surface area contributed by atoms with Crippen molar-refractivity contribution in [3.05, 3.63) is 28.8 Å². The SMILES string of the molecule is CCSc1ccc(Cl)cc1C(=O)NCC1(COC)CCNCC1. The van der Waals surface area contributed by atoms with Crippen LogP contribution in [0.4, 0.5) is 0 Å². The van der Waals surface area contributed by atoms with Crippen molar-refractivity contribution in [2.24, 2.45) is 5.41 Å². The van der Waals surface area contributed by atoms with Gasteiger partial charge < -0.3 is 15.4 Å². The molecule has 1 aliphatic rings. The molecule has 0 unspecified atom stereocenters. The number of hydrogen-bond donors (Lipinski definition) is 2. The van der Waals surface area contributed by atoms with E-state index in [9.17, 15) is 4.79 Å². The highest BCUT2D eigenvalue weighted by atomic mass is 35.5. The molecule has 6 heteroatoms. The van der Waals surface area contributed by atoms with Gasteiger partial charge in [0.05, 0.1) is 12.2 Å². The average Bonchev–Trinajstić information content (AvgIpc) is 2.56. The Morgan fingerprint density at radius 3 is 2.83 bits per heavy atom. The molecule has 0 spiro atoms. The molecule has 1 aromatic rings. The molecule has 0 aromatic heterocycles. The molecule has 2 rings (SSSR count). The van der Waals surface area contributed by atoms with Crippen LogP contribution in [0.25, 0.3) is 0 Å². The highest BCUT2D eigenvalue weighted by molar-refractivity contribution is 7.99. The first-order chi connectivity index (χ1) is 11.1. The number of halogens is 1.